The number of likely N-dealkylation sites (tertiary alicyclic amines) is 1. The molecule has 1 fully saturated rings. The summed E-state index contributed by atoms with van der Waals surface area (Å²) in [6.45, 7) is 3.66. The van der Waals surface area contributed by atoms with Crippen LogP contribution in [0.4, 0.5) is 16.4 Å². The van der Waals surface area contributed by atoms with Crippen molar-refractivity contribution in [2.45, 2.75) is 25.8 Å². The zero-order valence-electron chi connectivity index (χ0n) is 11.9. The Morgan fingerprint density at radius 2 is 2.10 bits per heavy atom. The van der Waals surface area contributed by atoms with Gasteiger partial charge in [-0.15, -0.1) is 0 Å². The monoisotopic (exact) mass is 279 g/mol. The molecule has 1 aliphatic rings. The van der Waals surface area contributed by atoms with E-state index < -0.39 is 0 Å². The lowest BCUT2D eigenvalue weighted by Crippen LogP contribution is -2.42. The maximum absolute atomic E-state index is 11.6. The fourth-order valence-electron chi connectivity index (χ4n) is 2.20. The Balaban J connectivity index is 1.83. The number of hydrogen-bond donors (Lipinski definition) is 2. The highest BCUT2D eigenvalue weighted by Crippen LogP contribution is 2.17. The fraction of sp³-hybridized carbons (Fsp3) is 0.615. The van der Waals surface area contributed by atoms with Crippen LogP contribution in [-0.2, 0) is 4.74 Å². The van der Waals surface area contributed by atoms with Crippen molar-refractivity contribution < 1.29 is 9.53 Å². The van der Waals surface area contributed by atoms with Gasteiger partial charge in [-0.3, -0.25) is 0 Å². The van der Waals surface area contributed by atoms with Gasteiger partial charge in [-0.2, -0.15) is 0 Å². The highest BCUT2D eigenvalue weighted by Gasteiger charge is 2.23. The van der Waals surface area contributed by atoms with Gasteiger partial charge in [0, 0.05) is 32.2 Å². The van der Waals surface area contributed by atoms with Crippen molar-refractivity contribution >= 4 is 17.7 Å². The summed E-state index contributed by atoms with van der Waals surface area (Å²) in [6.07, 6.45) is 3.09. The molecule has 1 aromatic rings. The maximum Gasteiger partial charge on any atom is 0.409 e. The minimum Gasteiger partial charge on any atom is -0.450 e. The van der Waals surface area contributed by atoms with Crippen LogP contribution in [0.15, 0.2) is 12.4 Å². The number of piperidine rings is 1. The van der Waals surface area contributed by atoms with Crippen LogP contribution < -0.4 is 10.6 Å². The SMILES string of the molecule is CCOC(=O)N1CCC(Nc2cc(NC)ncn2)CC1. The average Bonchev–Trinajstić information content (AvgIpc) is 2.48. The lowest BCUT2D eigenvalue weighted by Gasteiger charge is -2.31. The molecule has 0 aromatic carbocycles. The quantitative estimate of drug-likeness (QED) is 0.870. The molecule has 2 heterocycles. The molecule has 7 heteroatoms. The fourth-order valence-corrected chi connectivity index (χ4v) is 2.20. The standard InChI is InChI=1S/C13H21N5O2/c1-3-20-13(19)18-6-4-10(5-7-18)17-12-8-11(14-2)15-9-16-12/h8-10H,3-7H2,1-2H3,(H2,14,15,16,17). The molecule has 0 aliphatic carbocycles. The summed E-state index contributed by atoms with van der Waals surface area (Å²) in [6, 6.07) is 2.19. The number of amides is 1. The molecule has 20 heavy (non-hydrogen) atoms. The Bertz CT molecular complexity index is 446. The number of nitrogens with one attached hydrogen (secondary N) is 2. The smallest absolute Gasteiger partial charge is 0.409 e. The van der Waals surface area contributed by atoms with Gasteiger partial charge in [-0.25, -0.2) is 14.8 Å². The molecule has 1 aliphatic heterocycles. The Morgan fingerprint density at radius 1 is 1.40 bits per heavy atom. The van der Waals surface area contributed by atoms with Crippen LogP contribution in [0.3, 0.4) is 0 Å². The summed E-state index contributed by atoms with van der Waals surface area (Å²) < 4.78 is 5.00. The van der Waals surface area contributed by atoms with E-state index >= 15 is 0 Å². The van der Waals surface area contributed by atoms with E-state index in [1.165, 1.54) is 6.33 Å². The van der Waals surface area contributed by atoms with Crippen molar-refractivity contribution in [1.29, 1.82) is 0 Å². The molecular formula is C13H21N5O2. The van der Waals surface area contributed by atoms with Gasteiger partial charge in [0.15, 0.2) is 0 Å². The van der Waals surface area contributed by atoms with Gasteiger partial charge in [0.05, 0.1) is 6.61 Å². The first-order valence-corrected chi connectivity index (χ1v) is 6.91. The molecule has 2 rings (SSSR count). The van der Waals surface area contributed by atoms with E-state index in [2.05, 4.69) is 20.6 Å². The molecule has 0 bridgehead atoms. The van der Waals surface area contributed by atoms with Gasteiger partial charge in [0.2, 0.25) is 0 Å². The van der Waals surface area contributed by atoms with Crippen molar-refractivity contribution in [3.05, 3.63) is 12.4 Å². The number of nitrogens with zero attached hydrogens (tertiary/aromatic N) is 3. The maximum atomic E-state index is 11.6. The predicted molar refractivity (Wildman–Crippen MR) is 76.8 cm³/mol. The van der Waals surface area contributed by atoms with E-state index in [1.807, 2.05) is 20.0 Å². The van der Waals surface area contributed by atoms with E-state index in [0.717, 1.165) is 24.5 Å². The molecule has 2 N–H and O–H groups in total. The first kappa shape index (κ1) is 14.4. The number of rotatable bonds is 4. The van der Waals surface area contributed by atoms with Crippen LogP contribution >= 0.6 is 0 Å². The number of carbonyl (C=O) groups excluding carboxylic acids is 1. The van der Waals surface area contributed by atoms with Crippen LogP contribution in [0.5, 0.6) is 0 Å². The van der Waals surface area contributed by atoms with Crippen molar-refractivity contribution in [2.24, 2.45) is 0 Å². The molecule has 0 spiro atoms. The third-order valence-electron chi connectivity index (χ3n) is 3.30. The summed E-state index contributed by atoms with van der Waals surface area (Å²) in [5, 5.41) is 6.36. The summed E-state index contributed by atoms with van der Waals surface area (Å²) in [4.78, 5) is 21.6. The van der Waals surface area contributed by atoms with Crippen LogP contribution in [0.2, 0.25) is 0 Å². The second-order valence-corrected chi connectivity index (χ2v) is 4.64. The number of ether oxygens (including phenoxy) is 1. The topological polar surface area (TPSA) is 79.4 Å². The van der Waals surface area contributed by atoms with Gasteiger partial charge in [-0.1, -0.05) is 0 Å². The summed E-state index contributed by atoms with van der Waals surface area (Å²) in [5.41, 5.74) is 0. The normalized spacial score (nSPS) is 15.8. The van der Waals surface area contributed by atoms with Crippen molar-refractivity contribution in [2.75, 3.05) is 37.4 Å². The van der Waals surface area contributed by atoms with Gasteiger partial charge < -0.3 is 20.3 Å². The number of aromatic nitrogens is 2. The van der Waals surface area contributed by atoms with E-state index in [1.54, 1.807) is 4.90 Å². The summed E-state index contributed by atoms with van der Waals surface area (Å²) in [7, 11) is 1.82. The number of anilines is 2. The Kier molecular flexibility index (Phi) is 4.97. The first-order chi connectivity index (χ1) is 9.72. The van der Waals surface area contributed by atoms with Crippen LogP contribution in [0.25, 0.3) is 0 Å². The van der Waals surface area contributed by atoms with Crippen molar-refractivity contribution in [3.63, 3.8) is 0 Å². The van der Waals surface area contributed by atoms with E-state index in [-0.39, 0.29) is 6.09 Å². The molecular weight excluding hydrogens is 258 g/mol. The van der Waals surface area contributed by atoms with Gasteiger partial charge in [0.25, 0.3) is 0 Å². The number of hydrogen-bond acceptors (Lipinski definition) is 6. The second-order valence-electron chi connectivity index (χ2n) is 4.64. The predicted octanol–water partition coefficient (Wildman–Crippen LogP) is 1.55. The minimum absolute atomic E-state index is 0.217. The third-order valence-corrected chi connectivity index (χ3v) is 3.30. The third kappa shape index (κ3) is 3.72. The number of carbonyl (C=O) groups is 1. The second kappa shape index (κ2) is 6.93. The molecule has 1 saturated heterocycles. The van der Waals surface area contributed by atoms with E-state index in [4.69, 9.17) is 4.74 Å². The van der Waals surface area contributed by atoms with Crippen LogP contribution in [-0.4, -0.2) is 53.7 Å². The Morgan fingerprint density at radius 3 is 2.75 bits per heavy atom. The van der Waals surface area contributed by atoms with E-state index in [0.29, 0.717) is 25.7 Å². The van der Waals surface area contributed by atoms with Gasteiger partial charge in [0.1, 0.15) is 18.0 Å². The Hall–Kier alpha value is -2.05. The highest BCUT2D eigenvalue weighted by atomic mass is 16.6. The lowest BCUT2D eigenvalue weighted by atomic mass is 10.1. The largest absolute Gasteiger partial charge is 0.450 e. The molecule has 0 atom stereocenters. The molecule has 0 radical (unpaired) electrons. The molecule has 1 amide bonds. The molecule has 0 saturated carbocycles. The Labute approximate surface area is 118 Å². The van der Waals surface area contributed by atoms with Crippen molar-refractivity contribution in [3.8, 4) is 0 Å². The first-order valence-electron chi connectivity index (χ1n) is 6.91. The van der Waals surface area contributed by atoms with Crippen LogP contribution in [0, 0.1) is 0 Å². The average molecular weight is 279 g/mol. The molecule has 0 unspecified atom stereocenters. The van der Waals surface area contributed by atoms with Gasteiger partial charge >= 0.3 is 6.09 Å². The van der Waals surface area contributed by atoms with Crippen LogP contribution in [0.1, 0.15) is 19.8 Å². The summed E-state index contributed by atoms with van der Waals surface area (Å²) >= 11 is 0. The lowest BCUT2D eigenvalue weighted by molar-refractivity contribution is 0.0983. The zero-order valence-corrected chi connectivity index (χ0v) is 11.9. The van der Waals surface area contributed by atoms with Gasteiger partial charge in [-0.05, 0) is 19.8 Å². The minimum atomic E-state index is -0.217. The molecule has 1 aromatic heterocycles. The molecule has 7 nitrogen and oxygen atoms in total. The van der Waals surface area contributed by atoms with Crippen molar-refractivity contribution in [1.82, 2.24) is 14.9 Å². The zero-order chi connectivity index (χ0) is 14.4. The summed E-state index contributed by atoms with van der Waals surface area (Å²) in [5.74, 6) is 1.59. The van der Waals surface area contributed by atoms with E-state index in [9.17, 15) is 4.79 Å². The highest BCUT2D eigenvalue weighted by molar-refractivity contribution is 5.67. The molecule has 110 valence electrons.